The van der Waals surface area contributed by atoms with E-state index in [1.807, 2.05) is 42.5 Å². The topological polar surface area (TPSA) is 30.0 Å². The molecule has 16 heavy (non-hydrogen) atoms. The molecule has 1 aromatic carbocycles. The highest BCUT2D eigenvalue weighted by molar-refractivity contribution is 9.10. The number of benzene rings is 1. The van der Waals surface area contributed by atoms with Gasteiger partial charge in [-0.25, -0.2) is 0 Å². The minimum absolute atomic E-state index is 0.456. The summed E-state index contributed by atoms with van der Waals surface area (Å²) in [5, 5.41) is 0. The number of nitrogens with zero attached hydrogens (tertiary/aromatic N) is 1. The second-order valence-electron chi connectivity index (χ2n) is 3.27. The maximum atomic E-state index is 12.0. The van der Waals surface area contributed by atoms with Crippen molar-refractivity contribution in [3.05, 3.63) is 58.8 Å². The Morgan fingerprint density at radius 3 is 2.75 bits per heavy atom. The van der Waals surface area contributed by atoms with Crippen LogP contribution in [0.3, 0.4) is 0 Å². The molecule has 0 fully saturated rings. The van der Waals surface area contributed by atoms with Crippen LogP contribution in [0.1, 0.15) is 5.69 Å². The van der Waals surface area contributed by atoms with E-state index in [-0.39, 0.29) is 0 Å². The van der Waals surface area contributed by atoms with E-state index in [2.05, 4.69) is 20.9 Å². The molecule has 2 aromatic rings. The molecule has 82 valence electrons. The van der Waals surface area contributed by atoms with Crippen molar-refractivity contribution in [1.29, 1.82) is 0 Å². The molecule has 0 N–H and O–H groups in total. The van der Waals surface area contributed by atoms with Crippen molar-refractivity contribution in [2.45, 2.75) is 10.6 Å². The van der Waals surface area contributed by atoms with Gasteiger partial charge < -0.3 is 0 Å². The molecule has 2 rings (SSSR count). The summed E-state index contributed by atoms with van der Waals surface area (Å²) in [4.78, 5) is 4.98. The molecule has 0 aliphatic heterocycles. The first-order chi connectivity index (χ1) is 7.75. The monoisotopic (exact) mass is 295 g/mol. The van der Waals surface area contributed by atoms with Crippen LogP contribution >= 0.6 is 15.9 Å². The zero-order chi connectivity index (χ0) is 11.4. The lowest BCUT2D eigenvalue weighted by atomic mass is 10.4. The molecular formula is C12H10BrNOS. The van der Waals surface area contributed by atoms with Crippen molar-refractivity contribution in [2.75, 3.05) is 0 Å². The predicted molar refractivity (Wildman–Crippen MR) is 68.5 cm³/mol. The van der Waals surface area contributed by atoms with Crippen molar-refractivity contribution in [3.63, 3.8) is 0 Å². The van der Waals surface area contributed by atoms with Crippen LogP contribution in [0.2, 0.25) is 0 Å². The number of aromatic nitrogens is 1. The first-order valence-corrected chi connectivity index (χ1v) is 6.91. The SMILES string of the molecule is O=[S@@](Cc1ccccn1)c1cccc(Br)c1. The predicted octanol–water partition coefficient (Wildman–Crippen LogP) is 3.15. The average Bonchev–Trinajstić information content (AvgIpc) is 2.30. The lowest BCUT2D eigenvalue weighted by molar-refractivity contribution is 0.682. The van der Waals surface area contributed by atoms with Gasteiger partial charge in [0.05, 0.1) is 22.2 Å². The van der Waals surface area contributed by atoms with Gasteiger partial charge in [0.15, 0.2) is 0 Å². The van der Waals surface area contributed by atoms with Gasteiger partial charge in [-0.05, 0) is 30.3 Å². The Balaban J connectivity index is 2.15. The largest absolute Gasteiger partial charge is 0.260 e. The molecule has 2 nitrogen and oxygen atoms in total. The van der Waals surface area contributed by atoms with Crippen LogP contribution in [0.5, 0.6) is 0 Å². The van der Waals surface area contributed by atoms with Gasteiger partial charge in [0.1, 0.15) is 0 Å². The molecule has 0 bridgehead atoms. The lowest BCUT2D eigenvalue weighted by Gasteiger charge is -2.02. The van der Waals surface area contributed by atoms with Gasteiger partial charge in [-0.1, -0.05) is 28.1 Å². The Kier molecular flexibility index (Phi) is 3.85. The van der Waals surface area contributed by atoms with Crippen molar-refractivity contribution in [3.8, 4) is 0 Å². The van der Waals surface area contributed by atoms with Crippen LogP contribution in [0.25, 0.3) is 0 Å². The normalized spacial score (nSPS) is 12.3. The minimum atomic E-state index is -1.04. The standard InChI is InChI=1S/C12H10BrNOS/c13-10-4-3-6-12(8-10)16(15)9-11-5-1-2-7-14-11/h1-8H,9H2/t16-/m0/s1. The molecule has 1 heterocycles. The summed E-state index contributed by atoms with van der Waals surface area (Å²) in [6.07, 6.45) is 1.72. The molecule has 1 aromatic heterocycles. The van der Waals surface area contributed by atoms with Crippen LogP contribution < -0.4 is 0 Å². The molecular weight excluding hydrogens is 286 g/mol. The fourth-order valence-corrected chi connectivity index (χ4v) is 2.96. The minimum Gasteiger partial charge on any atom is -0.260 e. The van der Waals surface area contributed by atoms with E-state index in [1.165, 1.54) is 0 Å². The zero-order valence-corrected chi connectivity index (χ0v) is 10.9. The number of hydrogen-bond acceptors (Lipinski definition) is 2. The maximum Gasteiger partial charge on any atom is 0.0705 e. The van der Waals surface area contributed by atoms with E-state index >= 15 is 0 Å². The highest BCUT2D eigenvalue weighted by Crippen LogP contribution is 2.16. The van der Waals surface area contributed by atoms with E-state index in [0.29, 0.717) is 5.75 Å². The molecule has 4 heteroatoms. The molecule has 1 atom stereocenters. The van der Waals surface area contributed by atoms with E-state index in [1.54, 1.807) is 6.20 Å². The third kappa shape index (κ3) is 3.00. The Hall–Kier alpha value is -1.000. The van der Waals surface area contributed by atoms with E-state index in [9.17, 15) is 4.21 Å². The van der Waals surface area contributed by atoms with E-state index in [0.717, 1.165) is 15.1 Å². The Bertz CT molecular complexity index is 501. The third-order valence-electron chi connectivity index (χ3n) is 2.06. The number of rotatable bonds is 3. The quantitative estimate of drug-likeness (QED) is 0.871. The summed E-state index contributed by atoms with van der Waals surface area (Å²) in [6, 6.07) is 13.2. The van der Waals surface area contributed by atoms with Gasteiger partial charge in [0.2, 0.25) is 0 Å². The van der Waals surface area contributed by atoms with Gasteiger partial charge in [-0.3, -0.25) is 9.19 Å². The first kappa shape index (κ1) is 11.5. The van der Waals surface area contributed by atoms with Crippen LogP contribution in [0.15, 0.2) is 58.0 Å². The summed E-state index contributed by atoms with van der Waals surface area (Å²) >= 11 is 3.37. The lowest BCUT2D eigenvalue weighted by Crippen LogP contribution is -1.98. The Morgan fingerprint density at radius 1 is 1.19 bits per heavy atom. The second-order valence-corrected chi connectivity index (χ2v) is 5.64. The number of halogens is 1. The fourth-order valence-electron chi connectivity index (χ4n) is 1.31. The number of pyridine rings is 1. The van der Waals surface area contributed by atoms with Crippen molar-refractivity contribution in [2.24, 2.45) is 0 Å². The summed E-state index contributed by atoms with van der Waals surface area (Å²) < 4.78 is 13.0. The molecule has 0 spiro atoms. The molecule has 0 saturated carbocycles. The molecule has 0 radical (unpaired) electrons. The van der Waals surface area contributed by atoms with Crippen molar-refractivity contribution in [1.82, 2.24) is 4.98 Å². The molecule has 0 aliphatic carbocycles. The zero-order valence-electron chi connectivity index (χ0n) is 8.47. The second kappa shape index (κ2) is 5.37. The van der Waals surface area contributed by atoms with Gasteiger partial charge in [-0.2, -0.15) is 0 Å². The Morgan fingerprint density at radius 2 is 2.06 bits per heavy atom. The van der Waals surface area contributed by atoms with Crippen molar-refractivity contribution < 1.29 is 4.21 Å². The molecule has 0 amide bonds. The number of hydrogen-bond donors (Lipinski definition) is 0. The maximum absolute atomic E-state index is 12.0. The summed E-state index contributed by atoms with van der Waals surface area (Å²) in [6.45, 7) is 0. The van der Waals surface area contributed by atoms with Gasteiger partial charge in [-0.15, -0.1) is 0 Å². The van der Waals surface area contributed by atoms with Crippen LogP contribution in [-0.4, -0.2) is 9.19 Å². The summed E-state index contributed by atoms with van der Waals surface area (Å²) in [5.41, 5.74) is 0.848. The average molecular weight is 296 g/mol. The molecule has 0 aliphatic rings. The Labute approximate surface area is 105 Å². The van der Waals surface area contributed by atoms with Gasteiger partial charge in [0, 0.05) is 15.6 Å². The smallest absolute Gasteiger partial charge is 0.0705 e. The van der Waals surface area contributed by atoms with Crippen LogP contribution in [0, 0.1) is 0 Å². The summed E-state index contributed by atoms with van der Waals surface area (Å²) in [7, 11) is -1.04. The van der Waals surface area contributed by atoms with Crippen LogP contribution in [0.4, 0.5) is 0 Å². The highest BCUT2D eigenvalue weighted by Gasteiger charge is 2.05. The van der Waals surface area contributed by atoms with E-state index in [4.69, 9.17) is 0 Å². The highest BCUT2D eigenvalue weighted by atomic mass is 79.9. The van der Waals surface area contributed by atoms with E-state index < -0.39 is 10.8 Å². The third-order valence-corrected chi connectivity index (χ3v) is 3.90. The van der Waals surface area contributed by atoms with Gasteiger partial charge in [0.25, 0.3) is 0 Å². The molecule has 0 saturated heterocycles. The fraction of sp³-hybridized carbons (Fsp3) is 0.0833. The first-order valence-electron chi connectivity index (χ1n) is 4.79. The summed E-state index contributed by atoms with van der Waals surface area (Å²) in [5.74, 6) is 0.456. The van der Waals surface area contributed by atoms with Crippen LogP contribution in [-0.2, 0) is 16.6 Å². The van der Waals surface area contributed by atoms with Crippen molar-refractivity contribution >= 4 is 26.7 Å². The van der Waals surface area contributed by atoms with Gasteiger partial charge >= 0.3 is 0 Å². The molecule has 0 unspecified atom stereocenters.